The summed E-state index contributed by atoms with van der Waals surface area (Å²) < 4.78 is 0. The van der Waals surface area contributed by atoms with Gasteiger partial charge in [0.1, 0.15) is 0 Å². The molecular formula is C24H24N2O2. The van der Waals surface area contributed by atoms with Crippen LogP contribution < -0.4 is 10.6 Å². The molecule has 0 aromatic heterocycles. The summed E-state index contributed by atoms with van der Waals surface area (Å²) in [5.41, 5.74) is 3.81. The second kappa shape index (κ2) is 9.51. The van der Waals surface area contributed by atoms with Crippen LogP contribution in [0.2, 0.25) is 0 Å². The minimum Gasteiger partial charge on any atom is -0.355 e. The zero-order chi connectivity index (χ0) is 19.8. The lowest BCUT2D eigenvalue weighted by Gasteiger charge is -2.18. The Bertz CT molecular complexity index is 867. The summed E-state index contributed by atoms with van der Waals surface area (Å²) in [5, 5.41) is 5.59. The molecule has 142 valence electrons. The first kappa shape index (κ1) is 19.4. The Morgan fingerprint density at radius 2 is 1.32 bits per heavy atom. The van der Waals surface area contributed by atoms with Gasteiger partial charge in [0.05, 0.1) is 0 Å². The molecule has 0 bridgehead atoms. The third kappa shape index (κ3) is 5.07. The number of hydrogen-bond donors (Lipinski definition) is 2. The van der Waals surface area contributed by atoms with Gasteiger partial charge in [-0.15, -0.1) is 0 Å². The average molecular weight is 372 g/mol. The van der Waals surface area contributed by atoms with Crippen LogP contribution in [0.5, 0.6) is 0 Å². The summed E-state index contributed by atoms with van der Waals surface area (Å²) in [6.45, 7) is 0.434. The molecule has 0 unspecified atom stereocenters. The summed E-state index contributed by atoms with van der Waals surface area (Å²) in [6, 6.07) is 27.4. The maximum absolute atomic E-state index is 12.6. The number of amides is 2. The fourth-order valence-corrected chi connectivity index (χ4v) is 3.18. The van der Waals surface area contributed by atoms with Crippen molar-refractivity contribution < 1.29 is 9.59 Å². The summed E-state index contributed by atoms with van der Waals surface area (Å²) in [5.74, 6) is -0.116. The number of nitrogens with one attached hydrogen (secondary N) is 2. The normalized spacial score (nSPS) is 10.5. The molecule has 2 N–H and O–H groups in total. The predicted octanol–water partition coefficient (Wildman–Crippen LogP) is 3.88. The lowest BCUT2D eigenvalue weighted by molar-refractivity contribution is -0.121. The Hall–Kier alpha value is -3.40. The Balaban J connectivity index is 1.65. The first-order valence-corrected chi connectivity index (χ1v) is 9.35. The highest BCUT2D eigenvalue weighted by molar-refractivity contribution is 5.93. The van der Waals surface area contributed by atoms with Crippen LogP contribution in [0.25, 0.3) is 0 Å². The van der Waals surface area contributed by atoms with Crippen molar-refractivity contribution in [1.29, 1.82) is 0 Å². The third-order valence-electron chi connectivity index (χ3n) is 4.73. The predicted molar refractivity (Wildman–Crippen MR) is 111 cm³/mol. The summed E-state index contributed by atoms with van der Waals surface area (Å²) in [6.07, 6.45) is 0.379. The highest BCUT2D eigenvalue weighted by Crippen LogP contribution is 2.27. The van der Waals surface area contributed by atoms with E-state index in [0.29, 0.717) is 18.5 Å². The van der Waals surface area contributed by atoms with Crippen molar-refractivity contribution in [3.8, 4) is 0 Å². The van der Waals surface area contributed by atoms with Gasteiger partial charge in [-0.05, 0) is 28.8 Å². The Morgan fingerprint density at radius 1 is 0.786 bits per heavy atom. The molecule has 0 atom stereocenters. The van der Waals surface area contributed by atoms with E-state index in [1.54, 1.807) is 19.2 Å². The average Bonchev–Trinajstić information content (AvgIpc) is 2.77. The molecule has 0 radical (unpaired) electrons. The maximum atomic E-state index is 12.6. The quantitative estimate of drug-likeness (QED) is 0.661. The van der Waals surface area contributed by atoms with E-state index in [4.69, 9.17) is 0 Å². The monoisotopic (exact) mass is 372 g/mol. The zero-order valence-corrected chi connectivity index (χ0v) is 15.9. The van der Waals surface area contributed by atoms with Crippen molar-refractivity contribution in [2.45, 2.75) is 18.9 Å². The van der Waals surface area contributed by atoms with Crippen LogP contribution in [0.15, 0.2) is 84.9 Å². The second-order valence-corrected chi connectivity index (χ2v) is 6.63. The van der Waals surface area contributed by atoms with Crippen LogP contribution in [-0.2, 0) is 11.3 Å². The molecule has 0 saturated carbocycles. The van der Waals surface area contributed by atoms with Crippen LogP contribution in [0.3, 0.4) is 0 Å². The maximum Gasteiger partial charge on any atom is 0.251 e. The lowest BCUT2D eigenvalue weighted by atomic mass is 9.88. The summed E-state index contributed by atoms with van der Waals surface area (Å²) >= 11 is 0. The fourth-order valence-electron chi connectivity index (χ4n) is 3.18. The van der Waals surface area contributed by atoms with Gasteiger partial charge in [0.15, 0.2) is 0 Å². The number of rotatable bonds is 7. The van der Waals surface area contributed by atoms with E-state index in [1.165, 1.54) is 0 Å². The molecule has 3 aromatic rings. The van der Waals surface area contributed by atoms with E-state index < -0.39 is 0 Å². The van der Waals surface area contributed by atoms with E-state index in [1.807, 2.05) is 48.5 Å². The second-order valence-electron chi connectivity index (χ2n) is 6.63. The minimum atomic E-state index is -0.121. The molecule has 0 aliphatic carbocycles. The van der Waals surface area contributed by atoms with Crippen LogP contribution in [-0.4, -0.2) is 18.9 Å². The molecule has 28 heavy (non-hydrogen) atoms. The van der Waals surface area contributed by atoms with E-state index in [0.717, 1.165) is 16.7 Å². The van der Waals surface area contributed by atoms with Crippen molar-refractivity contribution in [1.82, 2.24) is 10.6 Å². The summed E-state index contributed by atoms with van der Waals surface area (Å²) in [7, 11) is 1.60. The molecule has 0 aliphatic heterocycles. The van der Waals surface area contributed by atoms with Crippen molar-refractivity contribution in [2.75, 3.05) is 7.05 Å². The van der Waals surface area contributed by atoms with Crippen molar-refractivity contribution in [2.24, 2.45) is 0 Å². The smallest absolute Gasteiger partial charge is 0.251 e. The third-order valence-corrected chi connectivity index (χ3v) is 4.73. The molecule has 0 heterocycles. The van der Waals surface area contributed by atoms with Gasteiger partial charge in [0.25, 0.3) is 5.91 Å². The van der Waals surface area contributed by atoms with Crippen molar-refractivity contribution in [3.63, 3.8) is 0 Å². The molecule has 3 rings (SSSR count). The van der Waals surface area contributed by atoms with Crippen molar-refractivity contribution >= 4 is 11.8 Å². The van der Waals surface area contributed by atoms with Crippen LogP contribution in [0, 0.1) is 0 Å². The standard InChI is InChI=1S/C24H24N2O2/c1-25-24(28)21-14-12-18(13-15-21)17-26-23(27)16-22(19-8-4-2-5-9-19)20-10-6-3-7-11-20/h2-15,22H,16-17H2,1H3,(H,25,28)(H,26,27). The SMILES string of the molecule is CNC(=O)c1ccc(CNC(=O)CC(c2ccccc2)c2ccccc2)cc1. The Kier molecular flexibility index (Phi) is 6.58. The largest absolute Gasteiger partial charge is 0.355 e. The van der Waals surface area contributed by atoms with E-state index in [9.17, 15) is 9.59 Å². The van der Waals surface area contributed by atoms with Gasteiger partial charge >= 0.3 is 0 Å². The molecule has 3 aromatic carbocycles. The van der Waals surface area contributed by atoms with E-state index in [2.05, 4.69) is 34.9 Å². The van der Waals surface area contributed by atoms with Gasteiger partial charge in [-0.2, -0.15) is 0 Å². The van der Waals surface area contributed by atoms with Gasteiger partial charge in [-0.3, -0.25) is 9.59 Å². The Morgan fingerprint density at radius 3 is 1.82 bits per heavy atom. The first-order chi connectivity index (χ1) is 13.7. The molecule has 4 heteroatoms. The van der Waals surface area contributed by atoms with Gasteiger partial charge in [0, 0.05) is 31.5 Å². The number of carbonyl (C=O) groups is 2. The number of carbonyl (C=O) groups excluding carboxylic acids is 2. The number of hydrogen-bond acceptors (Lipinski definition) is 2. The fraction of sp³-hybridized carbons (Fsp3) is 0.167. The van der Waals surface area contributed by atoms with Crippen LogP contribution in [0.4, 0.5) is 0 Å². The zero-order valence-electron chi connectivity index (χ0n) is 15.9. The van der Waals surface area contributed by atoms with Crippen LogP contribution in [0.1, 0.15) is 39.4 Å². The molecule has 0 aliphatic rings. The lowest BCUT2D eigenvalue weighted by Crippen LogP contribution is -2.25. The van der Waals surface area contributed by atoms with Gasteiger partial charge < -0.3 is 10.6 Å². The van der Waals surface area contributed by atoms with Gasteiger partial charge in [0.2, 0.25) is 5.91 Å². The topological polar surface area (TPSA) is 58.2 Å². The molecule has 2 amide bonds. The van der Waals surface area contributed by atoms with E-state index in [-0.39, 0.29) is 17.7 Å². The minimum absolute atomic E-state index is 0.00640. The first-order valence-electron chi connectivity index (χ1n) is 9.35. The highest BCUT2D eigenvalue weighted by Gasteiger charge is 2.17. The molecule has 0 saturated heterocycles. The Labute approximate surface area is 165 Å². The summed E-state index contributed by atoms with van der Waals surface area (Å²) in [4.78, 5) is 24.2. The molecule has 0 spiro atoms. The van der Waals surface area contributed by atoms with Gasteiger partial charge in [-0.25, -0.2) is 0 Å². The van der Waals surface area contributed by atoms with Crippen LogP contribution >= 0.6 is 0 Å². The van der Waals surface area contributed by atoms with E-state index >= 15 is 0 Å². The molecular weight excluding hydrogens is 348 g/mol. The van der Waals surface area contributed by atoms with Gasteiger partial charge in [-0.1, -0.05) is 72.8 Å². The molecule has 0 fully saturated rings. The van der Waals surface area contributed by atoms with Crippen molar-refractivity contribution in [3.05, 3.63) is 107 Å². The highest BCUT2D eigenvalue weighted by atomic mass is 16.2. The molecule has 4 nitrogen and oxygen atoms in total. The number of benzene rings is 3.